The molecule has 0 amide bonds. The molecule has 0 saturated carbocycles. The molecule has 0 spiro atoms. The lowest BCUT2D eigenvalue weighted by molar-refractivity contribution is -0.138. The van der Waals surface area contributed by atoms with E-state index < -0.39 is 11.9 Å². The number of rotatable bonds is 7. The lowest BCUT2D eigenvalue weighted by atomic mass is 10.3. The van der Waals surface area contributed by atoms with E-state index in [2.05, 4.69) is 5.32 Å². The standard InChI is InChI=1S/C7H13NO4/c9-6(10)2-1-4-8-5-3-7(11)12/h8H,1-5H2,(H,9,10)(H,11,12). The number of carbonyl (C=O) groups is 2. The number of hydrogen-bond acceptors (Lipinski definition) is 3. The molecule has 5 heteroatoms. The highest BCUT2D eigenvalue weighted by Crippen LogP contribution is 1.85. The molecule has 3 N–H and O–H groups in total. The molecule has 0 unspecified atom stereocenters. The van der Waals surface area contributed by atoms with Gasteiger partial charge in [0.05, 0.1) is 6.42 Å². The minimum atomic E-state index is -0.847. The maximum absolute atomic E-state index is 10.0. The molecule has 0 aliphatic heterocycles. The van der Waals surface area contributed by atoms with Gasteiger partial charge in [0.25, 0.3) is 0 Å². The SMILES string of the molecule is O=C(O)CCCNCCC(=O)O. The number of carboxylic acid groups (broad SMARTS) is 2. The largest absolute Gasteiger partial charge is 0.481 e. The number of carboxylic acids is 2. The van der Waals surface area contributed by atoms with Crippen molar-refractivity contribution < 1.29 is 19.8 Å². The van der Waals surface area contributed by atoms with Crippen LogP contribution in [0.3, 0.4) is 0 Å². The van der Waals surface area contributed by atoms with Crippen molar-refractivity contribution in [2.75, 3.05) is 13.1 Å². The molecule has 12 heavy (non-hydrogen) atoms. The second kappa shape index (κ2) is 6.60. The molecule has 0 aromatic heterocycles. The van der Waals surface area contributed by atoms with Gasteiger partial charge < -0.3 is 15.5 Å². The molecule has 70 valence electrons. The Balaban J connectivity index is 3.01. The van der Waals surface area contributed by atoms with Crippen molar-refractivity contribution in [3.05, 3.63) is 0 Å². The minimum absolute atomic E-state index is 0.0765. The summed E-state index contributed by atoms with van der Waals surface area (Å²) in [7, 11) is 0. The average Bonchev–Trinajstić information content (AvgIpc) is 1.95. The van der Waals surface area contributed by atoms with Crippen LogP contribution in [0, 0.1) is 0 Å². The zero-order valence-corrected chi connectivity index (χ0v) is 6.75. The average molecular weight is 175 g/mol. The first kappa shape index (κ1) is 10.9. The first-order valence-electron chi connectivity index (χ1n) is 3.77. The molecule has 0 fully saturated rings. The van der Waals surface area contributed by atoms with Crippen LogP contribution in [0.2, 0.25) is 0 Å². The first-order valence-corrected chi connectivity index (χ1v) is 3.77. The highest BCUT2D eigenvalue weighted by molar-refractivity contribution is 5.67. The predicted octanol–water partition coefficient (Wildman–Crippen LogP) is -0.0845. The molecule has 0 aliphatic carbocycles. The van der Waals surface area contributed by atoms with Gasteiger partial charge in [0.15, 0.2) is 0 Å². The molecule has 0 radical (unpaired) electrons. The molecule has 5 nitrogen and oxygen atoms in total. The molecule has 0 aromatic carbocycles. The van der Waals surface area contributed by atoms with Crippen LogP contribution in [0.1, 0.15) is 19.3 Å². The summed E-state index contributed by atoms with van der Waals surface area (Å²) >= 11 is 0. The lowest BCUT2D eigenvalue weighted by Gasteiger charge is -1.99. The normalized spacial score (nSPS) is 9.67. The van der Waals surface area contributed by atoms with E-state index in [0.29, 0.717) is 19.5 Å². The van der Waals surface area contributed by atoms with Gasteiger partial charge in [-0.05, 0) is 13.0 Å². The Hall–Kier alpha value is -1.10. The fourth-order valence-corrected chi connectivity index (χ4v) is 0.685. The summed E-state index contributed by atoms with van der Waals surface area (Å²) in [6.07, 6.45) is 0.738. The third-order valence-corrected chi connectivity index (χ3v) is 1.26. The highest BCUT2D eigenvalue weighted by Gasteiger charge is 1.97. The van der Waals surface area contributed by atoms with E-state index in [4.69, 9.17) is 10.2 Å². The lowest BCUT2D eigenvalue weighted by Crippen LogP contribution is -2.19. The molecule has 0 rings (SSSR count). The van der Waals surface area contributed by atoms with E-state index in [1.165, 1.54) is 0 Å². The number of aliphatic carboxylic acids is 2. The summed E-state index contributed by atoms with van der Waals surface area (Å²) in [6, 6.07) is 0. The van der Waals surface area contributed by atoms with Gasteiger partial charge in [-0.1, -0.05) is 0 Å². The Morgan fingerprint density at radius 1 is 1.00 bits per heavy atom. The quantitative estimate of drug-likeness (QED) is 0.471. The third kappa shape index (κ3) is 8.90. The molecular formula is C7H13NO4. The Morgan fingerprint density at radius 2 is 1.58 bits per heavy atom. The summed E-state index contributed by atoms with van der Waals surface area (Å²) in [5.41, 5.74) is 0. The monoisotopic (exact) mass is 175 g/mol. The van der Waals surface area contributed by atoms with Gasteiger partial charge in [0, 0.05) is 13.0 Å². The van der Waals surface area contributed by atoms with E-state index in [0.717, 1.165) is 0 Å². The van der Waals surface area contributed by atoms with Crippen LogP contribution >= 0.6 is 0 Å². The molecule has 0 bridgehead atoms. The van der Waals surface area contributed by atoms with Crippen molar-refractivity contribution >= 4 is 11.9 Å². The van der Waals surface area contributed by atoms with E-state index in [9.17, 15) is 9.59 Å². The summed E-state index contributed by atoms with van der Waals surface area (Å²) in [5, 5.41) is 19.3. The van der Waals surface area contributed by atoms with E-state index >= 15 is 0 Å². The Morgan fingerprint density at radius 3 is 2.08 bits per heavy atom. The van der Waals surface area contributed by atoms with Crippen LogP contribution in [-0.2, 0) is 9.59 Å². The second-order valence-corrected chi connectivity index (χ2v) is 2.39. The fraction of sp³-hybridized carbons (Fsp3) is 0.714. The maximum Gasteiger partial charge on any atom is 0.304 e. The Kier molecular flexibility index (Phi) is 6.00. The third-order valence-electron chi connectivity index (χ3n) is 1.26. The Labute approximate surface area is 70.4 Å². The second-order valence-electron chi connectivity index (χ2n) is 2.39. The molecule has 0 saturated heterocycles. The zero-order valence-electron chi connectivity index (χ0n) is 6.75. The van der Waals surface area contributed by atoms with Crippen molar-refractivity contribution in [3.63, 3.8) is 0 Å². The van der Waals surface area contributed by atoms with E-state index in [1.807, 2.05) is 0 Å². The number of nitrogens with one attached hydrogen (secondary N) is 1. The molecular weight excluding hydrogens is 162 g/mol. The first-order chi connectivity index (χ1) is 5.63. The van der Waals surface area contributed by atoms with Crippen molar-refractivity contribution in [2.24, 2.45) is 0 Å². The summed E-state index contributed by atoms with van der Waals surface area (Å²) in [6.45, 7) is 0.953. The van der Waals surface area contributed by atoms with Crippen LogP contribution in [0.5, 0.6) is 0 Å². The smallest absolute Gasteiger partial charge is 0.304 e. The zero-order chi connectivity index (χ0) is 9.40. The van der Waals surface area contributed by atoms with Crippen molar-refractivity contribution in [3.8, 4) is 0 Å². The van der Waals surface area contributed by atoms with Crippen LogP contribution in [0.4, 0.5) is 0 Å². The van der Waals surface area contributed by atoms with E-state index in [-0.39, 0.29) is 12.8 Å². The molecule has 0 heterocycles. The minimum Gasteiger partial charge on any atom is -0.481 e. The summed E-state index contributed by atoms with van der Waals surface area (Å²) in [4.78, 5) is 20.0. The fourth-order valence-electron chi connectivity index (χ4n) is 0.685. The van der Waals surface area contributed by atoms with Gasteiger partial charge in [-0.3, -0.25) is 9.59 Å². The van der Waals surface area contributed by atoms with Crippen molar-refractivity contribution in [1.29, 1.82) is 0 Å². The molecule has 0 aromatic rings. The van der Waals surface area contributed by atoms with Gasteiger partial charge >= 0.3 is 11.9 Å². The van der Waals surface area contributed by atoms with Gasteiger partial charge in [0.2, 0.25) is 0 Å². The van der Waals surface area contributed by atoms with Crippen LogP contribution in [-0.4, -0.2) is 35.2 Å². The summed E-state index contributed by atoms with van der Waals surface area (Å²) in [5.74, 6) is -1.67. The molecule has 0 aliphatic rings. The van der Waals surface area contributed by atoms with Crippen LogP contribution in [0.15, 0.2) is 0 Å². The number of hydrogen-bond donors (Lipinski definition) is 3. The molecule has 0 atom stereocenters. The van der Waals surface area contributed by atoms with Gasteiger partial charge in [-0.25, -0.2) is 0 Å². The summed E-state index contributed by atoms with van der Waals surface area (Å²) < 4.78 is 0. The van der Waals surface area contributed by atoms with Crippen LogP contribution < -0.4 is 5.32 Å². The highest BCUT2D eigenvalue weighted by atomic mass is 16.4. The van der Waals surface area contributed by atoms with Gasteiger partial charge in [0.1, 0.15) is 0 Å². The van der Waals surface area contributed by atoms with Crippen LogP contribution in [0.25, 0.3) is 0 Å². The maximum atomic E-state index is 10.0. The topological polar surface area (TPSA) is 86.6 Å². The van der Waals surface area contributed by atoms with Crippen molar-refractivity contribution in [2.45, 2.75) is 19.3 Å². The predicted molar refractivity (Wildman–Crippen MR) is 42.0 cm³/mol. The van der Waals surface area contributed by atoms with Gasteiger partial charge in [-0.2, -0.15) is 0 Å². The van der Waals surface area contributed by atoms with Gasteiger partial charge in [-0.15, -0.1) is 0 Å². The Bertz CT molecular complexity index is 139. The van der Waals surface area contributed by atoms with Crippen molar-refractivity contribution in [1.82, 2.24) is 5.32 Å². The van der Waals surface area contributed by atoms with E-state index in [1.54, 1.807) is 0 Å².